The molecule has 2 amide bonds. The first-order valence-corrected chi connectivity index (χ1v) is 14.5. The molecule has 0 fully saturated rings. The van der Waals surface area contributed by atoms with E-state index in [1.807, 2.05) is 39.8 Å². The van der Waals surface area contributed by atoms with E-state index >= 15 is 0 Å². The van der Waals surface area contributed by atoms with Crippen LogP contribution in [-0.2, 0) is 26.3 Å². The first kappa shape index (κ1) is 31.9. The van der Waals surface area contributed by atoms with Crippen molar-refractivity contribution in [2.75, 3.05) is 24.9 Å². The molecule has 0 aliphatic carbocycles. The molecule has 1 N–H and O–H groups in total. The van der Waals surface area contributed by atoms with Gasteiger partial charge in [-0.05, 0) is 75.9 Å². The second-order valence-corrected chi connectivity index (χ2v) is 13.4. The summed E-state index contributed by atoms with van der Waals surface area (Å²) in [6, 6.07) is 9.46. The van der Waals surface area contributed by atoms with Gasteiger partial charge in [0.25, 0.3) is 0 Å². The molecule has 8 nitrogen and oxygen atoms in total. The fraction of sp³-hybridized carbons (Fsp3) is 0.481. The average molecular weight is 586 g/mol. The number of amides is 2. The van der Waals surface area contributed by atoms with Gasteiger partial charge in [-0.25, -0.2) is 4.31 Å². The highest BCUT2D eigenvalue weighted by Gasteiger charge is 2.35. The van der Waals surface area contributed by atoms with Gasteiger partial charge in [0.2, 0.25) is 11.8 Å². The normalized spacial score (nSPS) is 12.8. The van der Waals surface area contributed by atoms with E-state index < -0.39 is 34.2 Å². The summed E-state index contributed by atoms with van der Waals surface area (Å²) in [5.74, 6) is -0.884. The van der Waals surface area contributed by atoms with Gasteiger partial charge in [-0.15, -0.1) is 0 Å². The summed E-state index contributed by atoms with van der Waals surface area (Å²) in [4.78, 5) is 28.7. The van der Waals surface area contributed by atoms with Crippen LogP contribution < -0.4 is 9.62 Å². The third-order valence-corrected chi connectivity index (χ3v) is 8.28. The van der Waals surface area contributed by atoms with Gasteiger partial charge in [-0.2, -0.15) is 12.7 Å². The van der Waals surface area contributed by atoms with Crippen molar-refractivity contribution < 1.29 is 18.0 Å². The van der Waals surface area contributed by atoms with Gasteiger partial charge in [0.05, 0.1) is 5.69 Å². The minimum absolute atomic E-state index is 0.00639. The number of nitrogens with zero attached hydrogens (tertiary/aromatic N) is 3. The summed E-state index contributed by atoms with van der Waals surface area (Å²) in [5.41, 5.74) is 1.98. The maximum absolute atomic E-state index is 14.0. The van der Waals surface area contributed by atoms with Crippen LogP contribution in [0, 0.1) is 13.8 Å². The van der Waals surface area contributed by atoms with Crippen LogP contribution in [0.15, 0.2) is 36.4 Å². The van der Waals surface area contributed by atoms with Crippen LogP contribution in [-0.4, -0.2) is 61.7 Å². The molecule has 0 saturated heterocycles. The molecular formula is C27H38Cl2N4O4S. The van der Waals surface area contributed by atoms with Gasteiger partial charge < -0.3 is 10.2 Å². The zero-order valence-corrected chi connectivity index (χ0v) is 25.6. The minimum atomic E-state index is -4.05. The molecule has 2 aromatic rings. The topological polar surface area (TPSA) is 90.0 Å². The molecule has 2 rings (SSSR count). The summed E-state index contributed by atoms with van der Waals surface area (Å²) in [7, 11) is -1.23. The molecule has 0 saturated carbocycles. The van der Waals surface area contributed by atoms with Crippen LogP contribution in [0.1, 0.15) is 50.8 Å². The van der Waals surface area contributed by atoms with E-state index in [1.54, 1.807) is 38.1 Å². The lowest BCUT2D eigenvalue weighted by Gasteiger charge is -2.35. The SMILES string of the molecule is CC[C@H](C(=O)NC(C)(C)C)N(Cc1ccc(Cl)cc1Cl)C(=O)CN(c1cc(C)ccc1C)S(=O)(=O)N(C)C. The molecule has 11 heteroatoms. The maximum Gasteiger partial charge on any atom is 0.304 e. The van der Waals surface area contributed by atoms with Crippen LogP contribution in [0.4, 0.5) is 5.69 Å². The summed E-state index contributed by atoms with van der Waals surface area (Å²) in [6.07, 6.45) is 0.308. The Labute approximate surface area is 237 Å². The fourth-order valence-corrected chi connectivity index (χ4v) is 5.48. The van der Waals surface area contributed by atoms with E-state index in [2.05, 4.69) is 5.32 Å². The van der Waals surface area contributed by atoms with Crippen molar-refractivity contribution in [3.05, 3.63) is 63.1 Å². The summed E-state index contributed by atoms with van der Waals surface area (Å²) >= 11 is 12.5. The van der Waals surface area contributed by atoms with Crippen LogP contribution in [0.5, 0.6) is 0 Å². The van der Waals surface area contributed by atoms with Crippen molar-refractivity contribution in [1.29, 1.82) is 0 Å². The lowest BCUT2D eigenvalue weighted by Crippen LogP contribution is -2.55. The maximum atomic E-state index is 14.0. The van der Waals surface area contributed by atoms with E-state index in [9.17, 15) is 18.0 Å². The molecule has 0 spiro atoms. The number of benzene rings is 2. The van der Waals surface area contributed by atoms with E-state index in [4.69, 9.17) is 23.2 Å². The second kappa shape index (κ2) is 12.7. The number of carbonyl (C=O) groups excluding carboxylic acids is 2. The largest absolute Gasteiger partial charge is 0.350 e. The van der Waals surface area contributed by atoms with Gasteiger partial charge in [-0.1, -0.05) is 48.3 Å². The number of aryl methyl sites for hydroxylation is 2. The Bertz CT molecular complexity index is 1280. The fourth-order valence-electron chi connectivity index (χ4n) is 3.90. The zero-order valence-electron chi connectivity index (χ0n) is 23.3. The Balaban J connectivity index is 2.61. The number of rotatable bonds is 10. The summed E-state index contributed by atoms with van der Waals surface area (Å²) < 4.78 is 29.0. The van der Waals surface area contributed by atoms with Gasteiger partial charge >= 0.3 is 10.2 Å². The minimum Gasteiger partial charge on any atom is -0.350 e. The molecular weight excluding hydrogens is 547 g/mol. The molecule has 0 radical (unpaired) electrons. The summed E-state index contributed by atoms with van der Waals surface area (Å²) in [6.45, 7) is 10.5. The Morgan fingerprint density at radius 2 is 1.66 bits per heavy atom. The highest BCUT2D eigenvalue weighted by molar-refractivity contribution is 7.90. The number of nitrogens with one attached hydrogen (secondary N) is 1. The van der Waals surface area contributed by atoms with Crippen molar-refractivity contribution in [1.82, 2.24) is 14.5 Å². The predicted molar refractivity (Wildman–Crippen MR) is 155 cm³/mol. The molecule has 210 valence electrons. The molecule has 38 heavy (non-hydrogen) atoms. The van der Waals surface area contributed by atoms with Crippen molar-refractivity contribution >= 4 is 50.9 Å². The zero-order chi connectivity index (χ0) is 29.0. The van der Waals surface area contributed by atoms with E-state index in [0.717, 1.165) is 14.2 Å². The van der Waals surface area contributed by atoms with Crippen molar-refractivity contribution in [2.45, 2.75) is 66.1 Å². The molecule has 2 aromatic carbocycles. The number of anilines is 1. The van der Waals surface area contributed by atoms with Crippen molar-refractivity contribution in [3.8, 4) is 0 Å². The second-order valence-electron chi connectivity index (χ2n) is 10.5. The van der Waals surface area contributed by atoms with Crippen molar-refractivity contribution in [2.24, 2.45) is 0 Å². The van der Waals surface area contributed by atoms with E-state index in [0.29, 0.717) is 33.3 Å². The van der Waals surface area contributed by atoms with Crippen molar-refractivity contribution in [3.63, 3.8) is 0 Å². The Kier molecular flexibility index (Phi) is 10.6. The Morgan fingerprint density at radius 1 is 1.03 bits per heavy atom. The monoisotopic (exact) mass is 584 g/mol. The van der Waals surface area contributed by atoms with Gasteiger partial charge in [-0.3, -0.25) is 9.59 Å². The lowest BCUT2D eigenvalue weighted by atomic mass is 10.1. The third kappa shape index (κ3) is 8.09. The molecule has 0 aliphatic heterocycles. The van der Waals surface area contributed by atoms with Crippen LogP contribution in [0.3, 0.4) is 0 Å². The summed E-state index contributed by atoms with van der Waals surface area (Å²) in [5, 5.41) is 3.72. The molecule has 0 bridgehead atoms. The van der Waals surface area contributed by atoms with Crippen LogP contribution >= 0.6 is 23.2 Å². The Hall–Kier alpha value is -2.33. The molecule has 0 aromatic heterocycles. The predicted octanol–water partition coefficient (Wildman–Crippen LogP) is 4.95. The van der Waals surface area contributed by atoms with E-state index in [1.165, 1.54) is 19.0 Å². The standard InChI is InChI=1S/C27H38Cl2N4O4S/c1-9-23(26(35)30-27(4,5)6)32(16-20-12-13-21(28)15-22(20)29)25(34)17-33(38(36,37)31(7)8)24-14-18(2)10-11-19(24)3/h10-15,23H,9,16-17H2,1-8H3,(H,30,35)/t23-/m1/s1. The molecule has 0 unspecified atom stereocenters. The molecule has 1 atom stereocenters. The molecule has 0 heterocycles. The lowest BCUT2D eigenvalue weighted by molar-refractivity contribution is -0.141. The van der Waals surface area contributed by atoms with Crippen LogP contribution in [0.2, 0.25) is 10.0 Å². The number of hydrogen-bond acceptors (Lipinski definition) is 4. The van der Waals surface area contributed by atoms with Crippen LogP contribution in [0.25, 0.3) is 0 Å². The number of hydrogen-bond donors (Lipinski definition) is 1. The Morgan fingerprint density at radius 3 is 2.18 bits per heavy atom. The highest BCUT2D eigenvalue weighted by atomic mass is 35.5. The molecule has 0 aliphatic rings. The first-order valence-electron chi connectivity index (χ1n) is 12.3. The van der Waals surface area contributed by atoms with Gasteiger partial charge in [0, 0.05) is 36.2 Å². The van der Waals surface area contributed by atoms with E-state index in [-0.39, 0.29) is 12.5 Å². The number of carbonyl (C=O) groups is 2. The third-order valence-electron chi connectivity index (χ3n) is 5.89. The number of halogens is 2. The smallest absolute Gasteiger partial charge is 0.304 e. The first-order chi connectivity index (χ1) is 17.5. The highest BCUT2D eigenvalue weighted by Crippen LogP contribution is 2.27. The quantitative estimate of drug-likeness (QED) is 0.428. The average Bonchev–Trinajstić information content (AvgIpc) is 2.78. The van der Waals surface area contributed by atoms with Gasteiger partial charge in [0.1, 0.15) is 12.6 Å². The van der Waals surface area contributed by atoms with Gasteiger partial charge in [0.15, 0.2) is 0 Å².